The van der Waals surface area contributed by atoms with Gasteiger partial charge in [-0.05, 0) is 35.6 Å². The summed E-state index contributed by atoms with van der Waals surface area (Å²) in [5, 5.41) is 32.1. The Kier molecular flexibility index (Phi) is 10.9. The van der Waals surface area contributed by atoms with Crippen LogP contribution in [0.25, 0.3) is 0 Å². The van der Waals surface area contributed by atoms with Crippen LogP contribution in [-0.2, 0) is 19.8 Å². The molecular weight excluding hydrogens is 612 g/mol. The first-order chi connectivity index (χ1) is 19.3. The first-order valence-electron chi connectivity index (χ1n) is 12.1. The van der Waals surface area contributed by atoms with Gasteiger partial charge in [-0.25, -0.2) is 13.6 Å². The number of aliphatic carboxylic acids is 2. The van der Waals surface area contributed by atoms with Gasteiger partial charge in [0.05, 0.1) is 17.1 Å². The first-order valence-corrected chi connectivity index (χ1v) is 12.9. The van der Waals surface area contributed by atoms with Crippen molar-refractivity contribution in [2.24, 2.45) is 5.41 Å². The summed E-state index contributed by atoms with van der Waals surface area (Å²) in [6.07, 6.45) is -4.77. The molecule has 0 spiro atoms. The van der Waals surface area contributed by atoms with Gasteiger partial charge in [0.2, 0.25) is 5.91 Å². The number of hydrogen-bond acceptors (Lipinski definition) is 5. The van der Waals surface area contributed by atoms with E-state index < -0.39 is 65.6 Å². The van der Waals surface area contributed by atoms with Crippen LogP contribution in [0, 0.1) is 28.4 Å². The Labute approximate surface area is 247 Å². The Morgan fingerprint density at radius 3 is 2.17 bits per heavy atom. The lowest BCUT2D eigenvalue weighted by Gasteiger charge is -2.37. The third-order valence-electron chi connectivity index (χ3n) is 6.39. The van der Waals surface area contributed by atoms with Crippen molar-refractivity contribution in [3.8, 4) is 6.07 Å². The van der Waals surface area contributed by atoms with E-state index in [1.807, 2.05) is 20.8 Å². The minimum Gasteiger partial charge on any atom is -0.480 e. The Morgan fingerprint density at radius 2 is 1.69 bits per heavy atom. The van der Waals surface area contributed by atoms with Crippen LogP contribution in [0.2, 0.25) is 10.0 Å². The summed E-state index contributed by atoms with van der Waals surface area (Å²) in [4.78, 5) is 33.2. The fourth-order valence-electron chi connectivity index (χ4n) is 4.83. The van der Waals surface area contributed by atoms with Crippen LogP contribution in [0.4, 0.5) is 22.0 Å². The molecule has 0 radical (unpaired) electrons. The Hall–Kier alpha value is -3.47. The average molecular weight is 638 g/mol. The standard InChI is InChI=1S/C25H25Cl2F2N3O3.C2HF3O2/c1-24(2,3)10-18-25(12-30,15-8-7-13(26)9-17(15)28)20(14-5-4-6-16(27)21(14)29)22(32-18)23(35)31-11-19(33)34;3-2(4,5)1(6)7/h4-9,18,20,22,32H,10-11H2,1-3H3,(H,31,35)(H,33,34);(H,6,7)/t18?,20?,22-,25+;/m1./s1. The number of alkyl halides is 3. The van der Waals surface area contributed by atoms with E-state index in [1.165, 1.54) is 30.3 Å². The summed E-state index contributed by atoms with van der Waals surface area (Å²) in [6, 6.07) is 8.20. The van der Waals surface area contributed by atoms with E-state index >= 15 is 8.78 Å². The van der Waals surface area contributed by atoms with E-state index in [9.17, 15) is 28.0 Å². The highest BCUT2D eigenvalue weighted by atomic mass is 35.5. The van der Waals surface area contributed by atoms with Gasteiger partial charge in [-0.2, -0.15) is 18.4 Å². The molecule has 0 bridgehead atoms. The van der Waals surface area contributed by atoms with Crippen LogP contribution < -0.4 is 10.6 Å². The summed E-state index contributed by atoms with van der Waals surface area (Å²) < 4.78 is 62.6. The molecule has 1 saturated heterocycles. The summed E-state index contributed by atoms with van der Waals surface area (Å²) in [6.45, 7) is 5.08. The normalized spacial score (nSPS) is 22.0. The number of carbonyl (C=O) groups is 3. The zero-order chi connectivity index (χ0) is 32.2. The molecule has 4 N–H and O–H groups in total. The molecule has 4 atom stereocenters. The van der Waals surface area contributed by atoms with E-state index in [2.05, 4.69) is 16.7 Å². The number of halogens is 7. The van der Waals surface area contributed by atoms with Gasteiger partial charge in [-0.1, -0.05) is 62.2 Å². The van der Waals surface area contributed by atoms with Gasteiger partial charge < -0.3 is 20.8 Å². The topological polar surface area (TPSA) is 140 Å². The number of carboxylic acid groups (broad SMARTS) is 2. The highest BCUT2D eigenvalue weighted by Crippen LogP contribution is 2.52. The molecule has 0 aliphatic carbocycles. The third kappa shape index (κ3) is 7.87. The minimum atomic E-state index is -5.08. The van der Waals surface area contributed by atoms with E-state index in [0.717, 1.165) is 6.07 Å². The average Bonchev–Trinajstić information content (AvgIpc) is 3.17. The van der Waals surface area contributed by atoms with Crippen LogP contribution in [0.5, 0.6) is 0 Å². The quantitative estimate of drug-likeness (QED) is 0.310. The molecule has 15 heteroatoms. The summed E-state index contributed by atoms with van der Waals surface area (Å²) in [5.41, 5.74) is -2.26. The maximum absolute atomic E-state index is 15.4. The van der Waals surface area contributed by atoms with Crippen molar-refractivity contribution in [2.75, 3.05) is 6.54 Å². The van der Waals surface area contributed by atoms with Crippen molar-refractivity contribution < 1.29 is 46.5 Å². The van der Waals surface area contributed by atoms with Crippen molar-refractivity contribution in [1.29, 1.82) is 5.26 Å². The minimum absolute atomic E-state index is 0.0518. The zero-order valence-electron chi connectivity index (χ0n) is 22.3. The highest BCUT2D eigenvalue weighted by molar-refractivity contribution is 6.31. The van der Waals surface area contributed by atoms with E-state index in [-0.39, 0.29) is 26.6 Å². The molecular formula is C27H26Cl2F5N3O5. The number of nitrogens with one attached hydrogen (secondary N) is 2. The number of benzene rings is 2. The van der Waals surface area contributed by atoms with Gasteiger partial charge in [-0.3, -0.25) is 9.59 Å². The second kappa shape index (κ2) is 13.2. The molecule has 228 valence electrons. The molecule has 2 unspecified atom stereocenters. The monoisotopic (exact) mass is 637 g/mol. The molecule has 1 aliphatic heterocycles. The molecule has 42 heavy (non-hydrogen) atoms. The lowest BCUT2D eigenvalue weighted by molar-refractivity contribution is -0.192. The van der Waals surface area contributed by atoms with E-state index in [1.54, 1.807) is 0 Å². The maximum atomic E-state index is 15.4. The molecule has 0 saturated carbocycles. The summed E-state index contributed by atoms with van der Waals surface area (Å²) >= 11 is 12.0. The smallest absolute Gasteiger partial charge is 0.480 e. The Balaban J connectivity index is 0.000000782. The third-order valence-corrected chi connectivity index (χ3v) is 6.91. The van der Waals surface area contributed by atoms with Crippen molar-refractivity contribution in [2.45, 2.75) is 56.8 Å². The number of carboxylic acids is 2. The van der Waals surface area contributed by atoms with Crippen molar-refractivity contribution in [3.05, 3.63) is 69.2 Å². The maximum Gasteiger partial charge on any atom is 0.490 e. The zero-order valence-corrected chi connectivity index (χ0v) is 23.8. The Morgan fingerprint density at radius 1 is 1.10 bits per heavy atom. The SMILES string of the molecule is CC(C)(C)CC1N[C@@H](C(=O)NCC(=O)O)C(c2cccc(Cl)c2F)[C@@]1(C#N)c1ccc(Cl)cc1F.O=C(O)C(F)(F)F. The van der Waals surface area contributed by atoms with Crippen LogP contribution in [0.15, 0.2) is 36.4 Å². The Bertz CT molecular complexity index is 1390. The number of rotatable bonds is 6. The first kappa shape index (κ1) is 34.7. The molecule has 0 aromatic heterocycles. The molecule has 1 aliphatic rings. The number of amides is 1. The molecule has 1 fully saturated rings. The van der Waals surface area contributed by atoms with Gasteiger partial charge >= 0.3 is 18.1 Å². The molecule has 1 heterocycles. The van der Waals surface area contributed by atoms with Crippen LogP contribution in [0.1, 0.15) is 44.2 Å². The second-order valence-electron chi connectivity index (χ2n) is 10.6. The van der Waals surface area contributed by atoms with Crippen molar-refractivity contribution in [3.63, 3.8) is 0 Å². The van der Waals surface area contributed by atoms with Crippen LogP contribution >= 0.6 is 23.2 Å². The largest absolute Gasteiger partial charge is 0.490 e. The molecule has 2 aromatic carbocycles. The fraction of sp³-hybridized carbons (Fsp3) is 0.407. The van der Waals surface area contributed by atoms with E-state index in [4.69, 9.17) is 38.2 Å². The number of nitrogens with zero attached hydrogens (tertiary/aromatic N) is 1. The number of carbonyl (C=O) groups excluding carboxylic acids is 1. The summed E-state index contributed by atoms with van der Waals surface area (Å²) in [7, 11) is 0. The van der Waals surface area contributed by atoms with Gasteiger partial charge in [0.1, 0.15) is 23.6 Å². The number of nitriles is 1. The van der Waals surface area contributed by atoms with E-state index in [0.29, 0.717) is 6.42 Å². The van der Waals surface area contributed by atoms with Crippen LogP contribution in [-0.4, -0.2) is 52.9 Å². The molecule has 2 aromatic rings. The molecule has 8 nitrogen and oxygen atoms in total. The number of hydrogen-bond donors (Lipinski definition) is 4. The van der Waals surface area contributed by atoms with Crippen molar-refractivity contribution >= 4 is 41.0 Å². The van der Waals surface area contributed by atoms with Gasteiger partial charge in [0, 0.05) is 22.5 Å². The van der Waals surface area contributed by atoms with Crippen LogP contribution in [0.3, 0.4) is 0 Å². The molecule has 1 amide bonds. The lowest BCUT2D eigenvalue weighted by Crippen LogP contribution is -2.46. The summed E-state index contributed by atoms with van der Waals surface area (Å²) in [5.74, 6) is -7.66. The lowest BCUT2D eigenvalue weighted by atomic mass is 9.62. The predicted octanol–water partition coefficient (Wildman–Crippen LogP) is 5.43. The predicted molar refractivity (Wildman–Crippen MR) is 142 cm³/mol. The van der Waals surface area contributed by atoms with Gasteiger partial charge in [0.25, 0.3) is 0 Å². The fourth-order valence-corrected chi connectivity index (χ4v) is 5.17. The van der Waals surface area contributed by atoms with Crippen molar-refractivity contribution in [1.82, 2.24) is 10.6 Å². The second-order valence-corrected chi connectivity index (χ2v) is 11.4. The highest BCUT2D eigenvalue weighted by Gasteiger charge is 2.61. The van der Waals surface area contributed by atoms with Gasteiger partial charge in [-0.15, -0.1) is 0 Å². The molecule has 3 rings (SSSR count). The van der Waals surface area contributed by atoms with Gasteiger partial charge in [0.15, 0.2) is 0 Å².